The number of alkyl carbamates (subject to hydrolysis) is 1. The van der Waals surface area contributed by atoms with Crippen LogP contribution in [0.1, 0.15) is 22.6 Å². The van der Waals surface area contributed by atoms with Crippen molar-refractivity contribution < 1.29 is 33.6 Å². The Hall–Kier alpha value is -4.20. The maximum Gasteiger partial charge on any atom is 0.407 e. The van der Waals surface area contributed by atoms with E-state index in [0.717, 1.165) is 22.3 Å². The van der Waals surface area contributed by atoms with Crippen molar-refractivity contribution in [1.29, 1.82) is 0 Å². The van der Waals surface area contributed by atoms with E-state index in [1.54, 1.807) is 12.1 Å². The fourth-order valence-corrected chi connectivity index (χ4v) is 4.62. The van der Waals surface area contributed by atoms with Gasteiger partial charge in [0.25, 0.3) is 0 Å². The molecule has 8 heteroatoms. The summed E-state index contributed by atoms with van der Waals surface area (Å²) in [5.74, 6) is -0.624. The van der Waals surface area contributed by atoms with E-state index >= 15 is 0 Å². The quantitative estimate of drug-likeness (QED) is 0.431. The molecule has 1 amide bonds. The van der Waals surface area contributed by atoms with Crippen LogP contribution < -0.4 is 19.5 Å². The number of hydrogen-bond acceptors (Lipinski definition) is 6. The Morgan fingerprint density at radius 2 is 1.42 bits per heavy atom. The van der Waals surface area contributed by atoms with Crippen molar-refractivity contribution in [3.63, 3.8) is 0 Å². The molecule has 188 valence electrons. The molecule has 0 saturated carbocycles. The SMILES string of the molecule is COc1cc(OC)c(OC)cc1CC(CNC(=O)OCC1c2ccccc2-c2ccccc21)C(=O)O. The Balaban J connectivity index is 1.40. The van der Waals surface area contributed by atoms with E-state index in [1.807, 2.05) is 36.4 Å². The average Bonchev–Trinajstić information content (AvgIpc) is 3.22. The largest absolute Gasteiger partial charge is 0.496 e. The molecule has 0 bridgehead atoms. The first kappa shape index (κ1) is 24.9. The summed E-state index contributed by atoms with van der Waals surface area (Å²) in [5.41, 5.74) is 5.11. The molecule has 4 rings (SSSR count). The Labute approximate surface area is 209 Å². The molecular weight excluding hydrogens is 462 g/mol. The van der Waals surface area contributed by atoms with E-state index in [4.69, 9.17) is 18.9 Å². The Kier molecular flexibility index (Phi) is 7.63. The lowest BCUT2D eigenvalue weighted by Crippen LogP contribution is -2.35. The molecule has 0 spiro atoms. The number of methoxy groups -OCH3 is 3. The van der Waals surface area contributed by atoms with Crippen molar-refractivity contribution in [3.8, 4) is 28.4 Å². The third kappa shape index (κ3) is 5.07. The molecule has 1 aliphatic carbocycles. The van der Waals surface area contributed by atoms with Crippen molar-refractivity contribution in [3.05, 3.63) is 77.4 Å². The number of carbonyl (C=O) groups excluding carboxylic acids is 1. The van der Waals surface area contributed by atoms with Gasteiger partial charge < -0.3 is 29.4 Å². The lowest BCUT2D eigenvalue weighted by molar-refractivity contribution is -0.141. The normalized spacial score (nSPS) is 12.8. The van der Waals surface area contributed by atoms with Gasteiger partial charge in [0, 0.05) is 18.5 Å². The first-order valence-corrected chi connectivity index (χ1v) is 11.6. The highest BCUT2D eigenvalue weighted by Crippen LogP contribution is 2.44. The number of carboxylic acids is 1. The molecular formula is C28H29NO7. The number of carbonyl (C=O) groups is 2. The van der Waals surface area contributed by atoms with E-state index < -0.39 is 18.0 Å². The molecule has 2 N–H and O–H groups in total. The minimum atomic E-state index is -1.05. The van der Waals surface area contributed by atoms with Crippen molar-refractivity contribution in [1.82, 2.24) is 5.32 Å². The molecule has 36 heavy (non-hydrogen) atoms. The predicted molar refractivity (Wildman–Crippen MR) is 134 cm³/mol. The van der Waals surface area contributed by atoms with Crippen molar-refractivity contribution in [2.75, 3.05) is 34.5 Å². The van der Waals surface area contributed by atoms with Crippen LogP contribution in [-0.4, -0.2) is 51.7 Å². The molecule has 3 aromatic carbocycles. The van der Waals surface area contributed by atoms with Gasteiger partial charge in [-0.2, -0.15) is 0 Å². The minimum Gasteiger partial charge on any atom is -0.496 e. The van der Waals surface area contributed by atoms with Crippen molar-refractivity contribution in [2.45, 2.75) is 12.3 Å². The fourth-order valence-electron chi connectivity index (χ4n) is 4.62. The zero-order chi connectivity index (χ0) is 25.7. The van der Waals surface area contributed by atoms with Gasteiger partial charge in [-0.15, -0.1) is 0 Å². The molecule has 3 aromatic rings. The van der Waals surface area contributed by atoms with E-state index in [1.165, 1.54) is 21.3 Å². The molecule has 8 nitrogen and oxygen atoms in total. The summed E-state index contributed by atoms with van der Waals surface area (Å²) in [7, 11) is 4.51. The van der Waals surface area contributed by atoms with Gasteiger partial charge in [-0.25, -0.2) is 4.79 Å². The van der Waals surface area contributed by atoms with Crippen LogP contribution >= 0.6 is 0 Å². The van der Waals surface area contributed by atoms with Crippen LogP contribution in [0.5, 0.6) is 17.2 Å². The second-order valence-electron chi connectivity index (χ2n) is 8.46. The topological polar surface area (TPSA) is 103 Å². The van der Waals surface area contributed by atoms with Gasteiger partial charge in [0.1, 0.15) is 12.4 Å². The number of fused-ring (bicyclic) bond motifs is 3. The summed E-state index contributed by atoms with van der Waals surface area (Å²) in [6.07, 6.45) is -0.551. The second-order valence-corrected chi connectivity index (χ2v) is 8.46. The van der Waals surface area contributed by atoms with Crippen molar-refractivity contribution >= 4 is 12.1 Å². The van der Waals surface area contributed by atoms with Gasteiger partial charge in [-0.3, -0.25) is 4.79 Å². The number of aliphatic carboxylic acids is 1. The third-order valence-electron chi connectivity index (χ3n) is 6.44. The van der Waals surface area contributed by atoms with Crippen LogP contribution in [0.3, 0.4) is 0 Å². The summed E-state index contributed by atoms with van der Waals surface area (Å²) in [4.78, 5) is 24.5. The van der Waals surface area contributed by atoms with E-state index in [-0.39, 0.29) is 25.5 Å². The standard InChI is InChI=1S/C28H29NO7/c1-33-24-14-26(35-3)25(34-2)13-17(24)12-18(27(30)31)15-29-28(32)36-16-23-21-10-6-4-8-19(21)20-9-5-7-11-22(20)23/h4-11,13-14,18,23H,12,15-16H2,1-3H3,(H,29,32)(H,30,31). The zero-order valence-electron chi connectivity index (χ0n) is 20.4. The van der Waals surface area contributed by atoms with Crippen LogP contribution in [0.25, 0.3) is 11.1 Å². The van der Waals surface area contributed by atoms with Crippen LogP contribution in [0, 0.1) is 5.92 Å². The molecule has 0 aromatic heterocycles. The van der Waals surface area contributed by atoms with Crippen LogP contribution in [0.15, 0.2) is 60.7 Å². The van der Waals surface area contributed by atoms with Gasteiger partial charge in [-0.05, 0) is 40.3 Å². The lowest BCUT2D eigenvalue weighted by atomic mass is 9.98. The van der Waals surface area contributed by atoms with Gasteiger partial charge in [0.2, 0.25) is 0 Å². The van der Waals surface area contributed by atoms with Crippen molar-refractivity contribution in [2.24, 2.45) is 5.92 Å². The van der Waals surface area contributed by atoms with Crippen LogP contribution in [0.2, 0.25) is 0 Å². The van der Waals surface area contributed by atoms with E-state index in [9.17, 15) is 14.7 Å². The highest BCUT2D eigenvalue weighted by Gasteiger charge is 2.29. The molecule has 0 fully saturated rings. The Morgan fingerprint density at radius 3 is 1.97 bits per heavy atom. The first-order chi connectivity index (χ1) is 17.5. The molecule has 0 aliphatic heterocycles. The predicted octanol–water partition coefficient (Wildman–Crippen LogP) is 4.49. The molecule has 1 unspecified atom stereocenters. The zero-order valence-corrected chi connectivity index (χ0v) is 20.4. The molecule has 1 atom stereocenters. The summed E-state index contributed by atoms with van der Waals surface area (Å²) in [6.45, 7) is 0.0462. The maximum absolute atomic E-state index is 12.5. The molecule has 1 aliphatic rings. The average molecular weight is 492 g/mol. The fraction of sp³-hybridized carbons (Fsp3) is 0.286. The maximum atomic E-state index is 12.5. The summed E-state index contributed by atoms with van der Waals surface area (Å²) >= 11 is 0. The number of rotatable bonds is 10. The summed E-state index contributed by atoms with van der Waals surface area (Å²) < 4.78 is 21.5. The van der Waals surface area contributed by atoms with Gasteiger partial charge in [-0.1, -0.05) is 48.5 Å². The monoisotopic (exact) mass is 491 g/mol. The third-order valence-corrected chi connectivity index (χ3v) is 6.44. The number of hydrogen-bond donors (Lipinski definition) is 2. The lowest BCUT2D eigenvalue weighted by Gasteiger charge is -2.18. The Morgan fingerprint density at radius 1 is 0.861 bits per heavy atom. The smallest absolute Gasteiger partial charge is 0.407 e. The van der Waals surface area contributed by atoms with Gasteiger partial charge >= 0.3 is 12.1 Å². The van der Waals surface area contributed by atoms with E-state index in [2.05, 4.69) is 17.4 Å². The van der Waals surface area contributed by atoms with Gasteiger partial charge in [0.05, 0.1) is 27.2 Å². The van der Waals surface area contributed by atoms with E-state index in [0.29, 0.717) is 22.8 Å². The second kappa shape index (κ2) is 11.0. The molecule has 0 heterocycles. The highest BCUT2D eigenvalue weighted by molar-refractivity contribution is 5.79. The highest BCUT2D eigenvalue weighted by atomic mass is 16.5. The van der Waals surface area contributed by atoms with Crippen LogP contribution in [0.4, 0.5) is 4.79 Å². The molecule has 0 saturated heterocycles. The number of nitrogens with one attached hydrogen (secondary N) is 1. The minimum absolute atomic E-state index is 0.0746. The number of carboxylic acid groups (broad SMARTS) is 1. The number of ether oxygens (including phenoxy) is 4. The van der Waals surface area contributed by atoms with Crippen LogP contribution in [-0.2, 0) is 16.0 Å². The molecule has 0 radical (unpaired) electrons. The number of amides is 1. The Bertz CT molecular complexity index is 1210. The van der Waals surface area contributed by atoms with Gasteiger partial charge in [0.15, 0.2) is 11.5 Å². The first-order valence-electron chi connectivity index (χ1n) is 11.6. The number of benzene rings is 3. The summed E-state index contributed by atoms with van der Waals surface area (Å²) in [5, 5.41) is 12.4. The summed E-state index contributed by atoms with van der Waals surface area (Å²) in [6, 6.07) is 19.5.